The zero-order valence-corrected chi connectivity index (χ0v) is 14.7. The molecule has 1 aliphatic carbocycles. The first-order valence-electron chi connectivity index (χ1n) is 7.58. The van der Waals surface area contributed by atoms with Crippen molar-refractivity contribution in [2.45, 2.75) is 32.2 Å². The van der Waals surface area contributed by atoms with Gasteiger partial charge in [0.15, 0.2) is 13.9 Å². The van der Waals surface area contributed by atoms with E-state index in [4.69, 9.17) is 4.43 Å². The van der Waals surface area contributed by atoms with Crippen LogP contribution in [0.25, 0.3) is 0 Å². The van der Waals surface area contributed by atoms with Crippen LogP contribution in [0.4, 0.5) is 0 Å². The summed E-state index contributed by atoms with van der Waals surface area (Å²) >= 11 is 0. The van der Waals surface area contributed by atoms with Crippen molar-refractivity contribution in [2.24, 2.45) is 5.92 Å². The number of benzene rings is 1. The molecule has 114 valence electrons. The molecule has 0 aromatic heterocycles. The molecule has 0 bridgehead atoms. The molecule has 22 heavy (non-hydrogen) atoms. The van der Waals surface area contributed by atoms with Crippen molar-refractivity contribution >= 4 is 8.32 Å². The second-order valence-corrected chi connectivity index (χ2v) is 11.0. The Hall–Kier alpha value is -1.89. The number of hydrogen-bond donors (Lipinski definition) is 0. The van der Waals surface area contributed by atoms with Crippen LogP contribution in [0.2, 0.25) is 19.6 Å². The zero-order chi connectivity index (χ0) is 16.2. The Bertz CT molecular complexity index is 627. The van der Waals surface area contributed by atoms with E-state index >= 15 is 0 Å². The molecule has 0 N–H and O–H groups in total. The highest BCUT2D eigenvalue weighted by Gasteiger charge is 2.43. The Morgan fingerprint density at radius 3 is 2.00 bits per heavy atom. The van der Waals surface area contributed by atoms with Crippen molar-refractivity contribution in [3.63, 3.8) is 0 Å². The number of nitriles is 1. The summed E-state index contributed by atoms with van der Waals surface area (Å²) in [6, 6.07) is 10.6. The van der Waals surface area contributed by atoms with E-state index in [1.54, 1.807) is 0 Å². The van der Waals surface area contributed by atoms with Crippen LogP contribution in [0.15, 0.2) is 60.7 Å². The quantitative estimate of drug-likeness (QED) is 0.744. The number of hydrogen-bond acceptors (Lipinski definition) is 2. The lowest BCUT2D eigenvalue weighted by Crippen LogP contribution is -2.44. The van der Waals surface area contributed by atoms with E-state index in [-0.39, 0.29) is 5.92 Å². The molecule has 0 fully saturated rings. The largest absolute Gasteiger partial charge is 0.396 e. The smallest absolute Gasteiger partial charge is 0.186 e. The standard InChI is InChI=1S/C19H23NOSi/c1-16-11-13-18(14-12-16)19(15-20,21-22(2,3)4)17-9-7-5-6-8-10-17/h5-14,17H,1-4H3. The van der Waals surface area contributed by atoms with E-state index in [0.717, 1.165) is 5.56 Å². The van der Waals surface area contributed by atoms with Gasteiger partial charge in [-0.3, -0.25) is 0 Å². The van der Waals surface area contributed by atoms with Crippen LogP contribution in [0.1, 0.15) is 11.1 Å². The van der Waals surface area contributed by atoms with E-state index in [0.29, 0.717) is 0 Å². The molecule has 1 aromatic rings. The molecule has 0 saturated carbocycles. The van der Waals surface area contributed by atoms with Gasteiger partial charge in [0.05, 0.1) is 0 Å². The third-order valence-corrected chi connectivity index (χ3v) is 4.49. The maximum atomic E-state index is 10.1. The Morgan fingerprint density at radius 2 is 1.55 bits per heavy atom. The van der Waals surface area contributed by atoms with Gasteiger partial charge in [-0.1, -0.05) is 66.3 Å². The van der Waals surface area contributed by atoms with Crippen molar-refractivity contribution in [2.75, 3.05) is 0 Å². The van der Waals surface area contributed by atoms with Crippen LogP contribution in [0, 0.1) is 24.2 Å². The normalized spacial score (nSPS) is 17.8. The van der Waals surface area contributed by atoms with E-state index in [1.165, 1.54) is 5.56 Å². The Kier molecular flexibility index (Phi) is 4.85. The van der Waals surface area contributed by atoms with Crippen molar-refractivity contribution in [3.05, 3.63) is 71.8 Å². The summed E-state index contributed by atoms with van der Waals surface area (Å²) in [7, 11) is -1.92. The second-order valence-electron chi connectivity index (χ2n) is 6.61. The predicted molar refractivity (Wildman–Crippen MR) is 93.8 cm³/mol. The van der Waals surface area contributed by atoms with Gasteiger partial charge in [0.1, 0.15) is 6.07 Å². The maximum Gasteiger partial charge on any atom is 0.186 e. The topological polar surface area (TPSA) is 33.0 Å². The Balaban J connectivity index is 2.56. The van der Waals surface area contributed by atoms with Gasteiger partial charge in [-0.2, -0.15) is 5.26 Å². The monoisotopic (exact) mass is 309 g/mol. The molecule has 1 aliphatic rings. The number of rotatable bonds is 4. The minimum atomic E-state index is -1.92. The summed E-state index contributed by atoms with van der Waals surface area (Å²) in [6.45, 7) is 8.41. The first-order valence-corrected chi connectivity index (χ1v) is 11.0. The highest BCUT2D eigenvalue weighted by Crippen LogP contribution is 2.38. The van der Waals surface area contributed by atoms with Crippen LogP contribution in [-0.4, -0.2) is 8.32 Å². The average molecular weight is 309 g/mol. The molecule has 0 amide bonds. The van der Waals surface area contributed by atoms with Gasteiger partial charge < -0.3 is 4.43 Å². The highest BCUT2D eigenvalue weighted by molar-refractivity contribution is 6.69. The van der Waals surface area contributed by atoms with Gasteiger partial charge in [0.2, 0.25) is 0 Å². The molecule has 1 unspecified atom stereocenters. The summed E-state index contributed by atoms with van der Waals surface area (Å²) in [6.07, 6.45) is 12.0. The minimum absolute atomic E-state index is 0.109. The van der Waals surface area contributed by atoms with E-state index in [2.05, 4.69) is 25.7 Å². The Morgan fingerprint density at radius 1 is 1.00 bits per heavy atom. The van der Waals surface area contributed by atoms with Gasteiger partial charge in [0.25, 0.3) is 0 Å². The zero-order valence-electron chi connectivity index (χ0n) is 13.7. The second kappa shape index (κ2) is 6.47. The molecule has 1 aromatic carbocycles. The fraction of sp³-hybridized carbons (Fsp3) is 0.316. The van der Waals surface area contributed by atoms with Crippen LogP contribution < -0.4 is 0 Å². The lowest BCUT2D eigenvalue weighted by molar-refractivity contribution is 0.0915. The van der Waals surface area contributed by atoms with Crippen molar-refractivity contribution < 1.29 is 4.43 Å². The predicted octanol–water partition coefficient (Wildman–Crippen LogP) is 4.86. The first-order chi connectivity index (χ1) is 10.4. The summed E-state index contributed by atoms with van der Waals surface area (Å²) in [5.41, 5.74) is 1.12. The number of nitrogens with zero attached hydrogens (tertiary/aromatic N) is 1. The molecule has 0 heterocycles. The minimum Gasteiger partial charge on any atom is -0.396 e. The molecule has 1 atom stereocenters. The molecule has 0 saturated heterocycles. The van der Waals surface area contributed by atoms with Crippen molar-refractivity contribution in [1.29, 1.82) is 5.26 Å². The average Bonchev–Trinajstić information content (AvgIpc) is 2.74. The molecule has 0 aliphatic heterocycles. The van der Waals surface area contributed by atoms with Gasteiger partial charge in [-0.15, -0.1) is 0 Å². The molecular weight excluding hydrogens is 286 g/mol. The SMILES string of the molecule is Cc1ccc(C(C#N)(O[Si](C)(C)C)C2C=CC=CC=C2)cc1. The molecule has 0 spiro atoms. The van der Waals surface area contributed by atoms with Crippen LogP contribution in [-0.2, 0) is 10.0 Å². The summed E-state index contributed by atoms with van der Waals surface area (Å²) < 4.78 is 6.44. The third kappa shape index (κ3) is 3.65. The van der Waals surface area contributed by atoms with Crippen LogP contribution >= 0.6 is 0 Å². The lowest BCUT2D eigenvalue weighted by atomic mass is 9.81. The fourth-order valence-electron chi connectivity index (χ4n) is 2.60. The summed E-state index contributed by atoms with van der Waals surface area (Å²) in [5, 5.41) is 10.1. The molecule has 3 heteroatoms. The fourth-order valence-corrected chi connectivity index (χ4v) is 3.86. The van der Waals surface area contributed by atoms with Crippen LogP contribution in [0.5, 0.6) is 0 Å². The van der Waals surface area contributed by atoms with E-state index in [1.807, 2.05) is 67.6 Å². The summed E-state index contributed by atoms with van der Waals surface area (Å²) in [5.74, 6) is -0.109. The maximum absolute atomic E-state index is 10.1. The molecule has 0 radical (unpaired) electrons. The van der Waals surface area contributed by atoms with E-state index in [9.17, 15) is 5.26 Å². The van der Waals surface area contributed by atoms with Crippen molar-refractivity contribution in [3.8, 4) is 6.07 Å². The lowest BCUT2D eigenvalue weighted by Gasteiger charge is -2.37. The molecule has 2 nitrogen and oxygen atoms in total. The summed E-state index contributed by atoms with van der Waals surface area (Å²) in [4.78, 5) is 0. The number of aryl methyl sites for hydroxylation is 1. The highest BCUT2D eigenvalue weighted by atomic mass is 28.4. The first kappa shape index (κ1) is 16.5. The third-order valence-electron chi connectivity index (χ3n) is 3.55. The van der Waals surface area contributed by atoms with Gasteiger partial charge in [-0.25, -0.2) is 0 Å². The number of allylic oxidation sites excluding steroid dienone is 4. The van der Waals surface area contributed by atoms with Gasteiger partial charge >= 0.3 is 0 Å². The van der Waals surface area contributed by atoms with Gasteiger partial charge in [-0.05, 0) is 32.1 Å². The molecular formula is C19H23NOSi. The Labute approximate surface area is 134 Å². The van der Waals surface area contributed by atoms with Gasteiger partial charge in [0, 0.05) is 5.92 Å². The van der Waals surface area contributed by atoms with Crippen molar-refractivity contribution in [1.82, 2.24) is 0 Å². The molecule has 2 rings (SSSR count). The van der Waals surface area contributed by atoms with Crippen LogP contribution in [0.3, 0.4) is 0 Å². The van der Waals surface area contributed by atoms with E-state index < -0.39 is 13.9 Å².